The predicted octanol–water partition coefficient (Wildman–Crippen LogP) is 7.38. The molecule has 0 bridgehead atoms. The van der Waals surface area contributed by atoms with Crippen LogP contribution in [-0.2, 0) is 15.9 Å². The van der Waals surface area contributed by atoms with Gasteiger partial charge in [0.05, 0.1) is 30.6 Å². The molecule has 1 aliphatic heterocycles. The van der Waals surface area contributed by atoms with Crippen molar-refractivity contribution < 1.29 is 19.1 Å². The van der Waals surface area contributed by atoms with E-state index >= 15 is 0 Å². The first-order valence-electron chi connectivity index (χ1n) is 13.4. The topological polar surface area (TPSA) is 80.8 Å². The first-order chi connectivity index (χ1) is 18.6. The second-order valence-corrected chi connectivity index (χ2v) is 9.93. The standard InChI is InChI=1S/C30H37N3O4.C2H6/c1-8-10-20(3)23(9-2)21-11-12-24-22(17-21)14-16-33(29(35)37-30(4,5)6)27(24)19-32-26-18-31-15-13-25(26)28(34)36-7;1-2/h8-13,15,17-18,27,32H,1,14,16,19H2,2-7H3;1-2H3/b20-10-,23-9+;. The van der Waals surface area contributed by atoms with Gasteiger partial charge in [-0.3, -0.25) is 9.88 Å². The molecule has 2 aromatic rings. The molecule has 1 unspecified atom stereocenters. The van der Waals surface area contributed by atoms with Crippen molar-refractivity contribution in [3.63, 3.8) is 0 Å². The number of carbonyl (C=O) groups is 2. The smallest absolute Gasteiger partial charge is 0.410 e. The summed E-state index contributed by atoms with van der Waals surface area (Å²) >= 11 is 0. The molecule has 210 valence electrons. The third-order valence-corrected chi connectivity index (χ3v) is 6.23. The number of nitrogens with zero attached hydrogens (tertiary/aromatic N) is 2. The molecule has 1 atom stereocenters. The van der Waals surface area contributed by atoms with Gasteiger partial charge in [0.2, 0.25) is 0 Å². The number of anilines is 1. The fourth-order valence-corrected chi connectivity index (χ4v) is 4.56. The lowest BCUT2D eigenvalue weighted by atomic mass is 9.88. The number of fused-ring (bicyclic) bond motifs is 1. The first-order valence-corrected chi connectivity index (χ1v) is 13.4. The number of aromatic nitrogens is 1. The average molecular weight is 534 g/mol. The number of hydrogen-bond donors (Lipinski definition) is 1. The fraction of sp³-hybridized carbons (Fsp3) is 0.406. The molecule has 39 heavy (non-hydrogen) atoms. The summed E-state index contributed by atoms with van der Waals surface area (Å²) in [6.07, 6.45) is 9.36. The van der Waals surface area contributed by atoms with Crippen LogP contribution in [0, 0.1) is 0 Å². The van der Waals surface area contributed by atoms with E-state index in [0.717, 1.165) is 22.3 Å². The van der Waals surface area contributed by atoms with Crippen LogP contribution >= 0.6 is 0 Å². The number of methoxy groups -OCH3 is 1. The van der Waals surface area contributed by atoms with Gasteiger partial charge < -0.3 is 14.8 Å². The maximum Gasteiger partial charge on any atom is 0.410 e. The van der Waals surface area contributed by atoms with Crippen molar-refractivity contribution in [1.82, 2.24) is 9.88 Å². The Morgan fingerprint density at radius 3 is 2.56 bits per heavy atom. The quantitative estimate of drug-likeness (QED) is 0.295. The molecule has 0 radical (unpaired) electrons. The predicted molar refractivity (Wildman–Crippen MR) is 159 cm³/mol. The monoisotopic (exact) mass is 533 g/mol. The van der Waals surface area contributed by atoms with Crippen molar-refractivity contribution in [1.29, 1.82) is 0 Å². The van der Waals surface area contributed by atoms with Crippen LogP contribution in [-0.4, -0.2) is 47.7 Å². The normalized spacial score (nSPS) is 15.4. The van der Waals surface area contributed by atoms with Crippen LogP contribution in [0.3, 0.4) is 0 Å². The Bertz CT molecular complexity index is 1220. The molecule has 1 amide bonds. The second-order valence-electron chi connectivity index (χ2n) is 9.93. The molecule has 0 saturated carbocycles. The summed E-state index contributed by atoms with van der Waals surface area (Å²) < 4.78 is 10.7. The van der Waals surface area contributed by atoms with E-state index in [1.54, 1.807) is 29.4 Å². The Morgan fingerprint density at radius 1 is 1.23 bits per heavy atom. The van der Waals surface area contributed by atoms with Gasteiger partial charge in [0.1, 0.15) is 5.60 Å². The number of allylic oxidation sites excluding steroid dienone is 5. The highest BCUT2D eigenvalue weighted by molar-refractivity contribution is 5.95. The van der Waals surface area contributed by atoms with Gasteiger partial charge >= 0.3 is 12.1 Å². The third kappa shape index (κ3) is 8.06. The molecule has 1 aromatic carbocycles. The van der Waals surface area contributed by atoms with E-state index in [1.807, 2.05) is 47.6 Å². The highest BCUT2D eigenvalue weighted by Gasteiger charge is 2.34. The van der Waals surface area contributed by atoms with Gasteiger partial charge in [-0.2, -0.15) is 0 Å². The van der Waals surface area contributed by atoms with Crippen LogP contribution in [0.1, 0.15) is 81.6 Å². The highest BCUT2D eigenvalue weighted by Crippen LogP contribution is 2.35. The molecule has 0 spiro atoms. The molecule has 7 nitrogen and oxygen atoms in total. The van der Waals surface area contributed by atoms with Crippen LogP contribution in [0.15, 0.2) is 67.0 Å². The SMILES string of the molecule is C=C/C=C(C)\C(=C/C)c1ccc2c(c1)CCN(C(=O)OC(C)(C)C)C2CNc1cnccc1C(=O)OC.CC. The number of amides is 1. The Morgan fingerprint density at radius 2 is 1.95 bits per heavy atom. The lowest BCUT2D eigenvalue weighted by molar-refractivity contribution is 0.0153. The summed E-state index contributed by atoms with van der Waals surface area (Å²) in [5.74, 6) is -0.454. The van der Waals surface area contributed by atoms with Crippen LogP contribution < -0.4 is 5.32 Å². The number of hydrogen-bond acceptors (Lipinski definition) is 6. The number of esters is 1. The van der Waals surface area contributed by atoms with E-state index in [2.05, 4.69) is 48.1 Å². The molecule has 1 aliphatic rings. The van der Waals surface area contributed by atoms with Crippen molar-refractivity contribution in [2.45, 2.75) is 66.5 Å². The number of benzene rings is 1. The zero-order valence-electron chi connectivity index (χ0n) is 24.6. The van der Waals surface area contributed by atoms with E-state index in [9.17, 15) is 9.59 Å². The van der Waals surface area contributed by atoms with Crippen LogP contribution in [0.25, 0.3) is 5.57 Å². The minimum atomic E-state index is -0.615. The summed E-state index contributed by atoms with van der Waals surface area (Å²) in [6.45, 7) is 18.4. The average Bonchev–Trinajstić information content (AvgIpc) is 2.92. The Balaban J connectivity index is 0.00000260. The van der Waals surface area contributed by atoms with Gasteiger partial charge in [0.25, 0.3) is 0 Å². The van der Waals surface area contributed by atoms with E-state index in [1.165, 1.54) is 12.7 Å². The molecule has 1 aromatic heterocycles. The number of ether oxygens (including phenoxy) is 2. The molecule has 7 heteroatoms. The highest BCUT2D eigenvalue weighted by atomic mass is 16.6. The molecule has 2 heterocycles. The minimum absolute atomic E-state index is 0.308. The summed E-state index contributed by atoms with van der Waals surface area (Å²) in [7, 11) is 1.34. The molecule has 0 saturated heterocycles. The number of pyridine rings is 1. The largest absolute Gasteiger partial charge is 0.465 e. The lowest BCUT2D eigenvalue weighted by Gasteiger charge is -2.38. The third-order valence-electron chi connectivity index (χ3n) is 6.23. The number of carbonyl (C=O) groups excluding carboxylic acids is 2. The van der Waals surface area contributed by atoms with Gasteiger partial charge in [-0.15, -0.1) is 0 Å². The van der Waals surface area contributed by atoms with Crippen molar-refractivity contribution in [3.05, 3.63) is 89.3 Å². The van der Waals surface area contributed by atoms with Crippen molar-refractivity contribution in [2.75, 3.05) is 25.5 Å². The van der Waals surface area contributed by atoms with Gasteiger partial charge in [0, 0.05) is 19.3 Å². The Labute approximate surface area is 233 Å². The van der Waals surface area contributed by atoms with Crippen LogP contribution in [0.5, 0.6) is 0 Å². The van der Waals surface area contributed by atoms with Gasteiger partial charge in [-0.05, 0) is 74.9 Å². The van der Waals surface area contributed by atoms with Crippen molar-refractivity contribution in [2.24, 2.45) is 0 Å². The maximum atomic E-state index is 13.2. The summed E-state index contributed by atoms with van der Waals surface area (Å²) in [4.78, 5) is 31.4. The van der Waals surface area contributed by atoms with Crippen molar-refractivity contribution >= 4 is 23.3 Å². The molecular formula is C32H43N3O4. The van der Waals surface area contributed by atoms with Gasteiger partial charge in [-0.1, -0.05) is 56.9 Å². The maximum absolute atomic E-state index is 13.2. The number of rotatable bonds is 7. The molecular weight excluding hydrogens is 490 g/mol. The van der Waals surface area contributed by atoms with Crippen molar-refractivity contribution in [3.8, 4) is 0 Å². The second kappa shape index (κ2) is 14.3. The van der Waals surface area contributed by atoms with Crippen LogP contribution in [0.4, 0.5) is 10.5 Å². The Kier molecular flexibility index (Phi) is 11.5. The minimum Gasteiger partial charge on any atom is -0.465 e. The molecule has 3 rings (SSSR count). The van der Waals surface area contributed by atoms with Gasteiger partial charge in [-0.25, -0.2) is 9.59 Å². The molecule has 0 fully saturated rings. The van der Waals surface area contributed by atoms with E-state index in [4.69, 9.17) is 9.47 Å². The summed E-state index contributed by atoms with van der Waals surface area (Å²) in [6, 6.07) is 7.68. The van der Waals surface area contributed by atoms with E-state index in [0.29, 0.717) is 30.8 Å². The van der Waals surface area contributed by atoms with E-state index in [-0.39, 0.29) is 12.1 Å². The fourth-order valence-electron chi connectivity index (χ4n) is 4.56. The molecule has 0 aliphatic carbocycles. The lowest BCUT2D eigenvalue weighted by Crippen LogP contribution is -2.45. The Hall–Kier alpha value is -3.87. The van der Waals surface area contributed by atoms with E-state index < -0.39 is 11.6 Å². The van der Waals surface area contributed by atoms with Gasteiger partial charge in [0.15, 0.2) is 0 Å². The zero-order valence-corrected chi connectivity index (χ0v) is 24.6. The first kappa shape index (κ1) is 31.3. The summed E-state index contributed by atoms with van der Waals surface area (Å²) in [5.41, 5.74) is 5.93. The van der Waals surface area contributed by atoms with Crippen LogP contribution in [0.2, 0.25) is 0 Å². The number of nitrogens with one attached hydrogen (secondary N) is 1. The summed E-state index contributed by atoms with van der Waals surface area (Å²) in [5, 5.41) is 3.33. The molecule has 1 N–H and O–H groups in total. The zero-order chi connectivity index (χ0) is 29.2.